The zero-order chi connectivity index (χ0) is 34.9. The van der Waals surface area contributed by atoms with E-state index in [0.29, 0.717) is 0 Å². The number of benzene rings is 7. The maximum absolute atomic E-state index is 5.10. The molecule has 11 rings (SSSR count). The van der Waals surface area contributed by atoms with Crippen LogP contribution in [0, 0.1) is 0 Å². The summed E-state index contributed by atoms with van der Waals surface area (Å²) >= 11 is 0. The molecule has 5 heteroatoms. The first kappa shape index (κ1) is 29.5. The van der Waals surface area contributed by atoms with Gasteiger partial charge in [-0.3, -0.25) is 9.55 Å². The van der Waals surface area contributed by atoms with Crippen LogP contribution in [0.25, 0.3) is 94.2 Å². The SMILES string of the molecule is c1ccc(-c2nc3ccccc3n2-c2cncc(-c3cc(-n4c5ccccc5c5ccccc54)cc(-n4c5ccccc5c5ccccc54)c3)c2)cc1. The third-order valence-electron chi connectivity index (χ3n) is 10.5. The minimum absolute atomic E-state index is 0.885. The molecule has 0 amide bonds. The lowest BCUT2D eigenvalue weighted by Crippen LogP contribution is -2.01. The number of para-hydroxylation sites is 6. The van der Waals surface area contributed by atoms with E-state index in [1.54, 1.807) is 0 Å². The van der Waals surface area contributed by atoms with Gasteiger partial charge in [-0.25, -0.2) is 4.98 Å². The van der Waals surface area contributed by atoms with Gasteiger partial charge in [0.1, 0.15) is 5.82 Å². The summed E-state index contributed by atoms with van der Waals surface area (Å²) in [5.74, 6) is 0.885. The number of aromatic nitrogens is 5. The predicted octanol–water partition coefficient (Wildman–Crippen LogP) is 11.9. The average Bonchev–Trinajstić information content (AvgIpc) is 3.89. The highest BCUT2D eigenvalue weighted by molar-refractivity contribution is 6.10. The number of fused-ring (bicyclic) bond motifs is 7. The normalized spacial score (nSPS) is 11.8. The summed E-state index contributed by atoms with van der Waals surface area (Å²) in [6.07, 6.45) is 3.92. The van der Waals surface area contributed by atoms with Crippen molar-refractivity contribution in [1.82, 2.24) is 23.7 Å². The zero-order valence-corrected chi connectivity index (χ0v) is 28.6. The lowest BCUT2D eigenvalue weighted by Gasteiger charge is -2.16. The molecule has 53 heavy (non-hydrogen) atoms. The molecule has 5 nitrogen and oxygen atoms in total. The Labute approximate surface area is 305 Å². The van der Waals surface area contributed by atoms with Gasteiger partial charge in [0.15, 0.2) is 0 Å². The Hall–Kier alpha value is -7.24. The van der Waals surface area contributed by atoms with Crippen LogP contribution >= 0.6 is 0 Å². The molecular formula is C48H31N5. The van der Waals surface area contributed by atoms with E-state index in [-0.39, 0.29) is 0 Å². The van der Waals surface area contributed by atoms with Gasteiger partial charge in [0.2, 0.25) is 0 Å². The van der Waals surface area contributed by atoms with Crippen molar-refractivity contribution < 1.29 is 0 Å². The van der Waals surface area contributed by atoms with Crippen molar-refractivity contribution in [3.63, 3.8) is 0 Å². The molecule has 7 aromatic carbocycles. The summed E-state index contributed by atoms with van der Waals surface area (Å²) in [7, 11) is 0. The van der Waals surface area contributed by atoms with Crippen LogP contribution in [-0.4, -0.2) is 23.7 Å². The summed E-state index contributed by atoms with van der Waals surface area (Å²) in [5.41, 5.74) is 12.9. The molecule has 4 aromatic heterocycles. The average molecular weight is 678 g/mol. The van der Waals surface area contributed by atoms with Crippen molar-refractivity contribution in [1.29, 1.82) is 0 Å². The van der Waals surface area contributed by atoms with Gasteiger partial charge in [0.25, 0.3) is 0 Å². The summed E-state index contributed by atoms with van der Waals surface area (Å²) in [6.45, 7) is 0. The van der Waals surface area contributed by atoms with Crippen molar-refractivity contribution in [2.45, 2.75) is 0 Å². The lowest BCUT2D eigenvalue weighted by molar-refractivity contribution is 1.08. The number of hydrogen-bond acceptors (Lipinski definition) is 2. The van der Waals surface area contributed by atoms with Crippen molar-refractivity contribution in [3.05, 3.63) is 188 Å². The van der Waals surface area contributed by atoms with Gasteiger partial charge in [0, 0.05) is 50.2 Å². The molecule has 0 fully saturated rings. The summed E-state index contributed by atoms with van der Waals surface area (Å²) < 4.78 is 7.03. The molecule has 0 saturated carbocycles. The second-order valence-corrected chi connectivity index (χ2v) is 13.5. The van der Waals surface area contributed by atoms with Crippen LogP contribution in [0.2, 0.25) is 0 Å². The molecule has 0 bridgehead atoms. The Kier molecular flexibility index (Phi) is 6.48. The van der Waals surface area contributed by atoms with Crippen molar-refractivity contribution >= 4 is 54.6 Å². The molecule has 11 aromatic rings. The molecule has 0 N–H and O–H groups in total. The summed E-state index contributed by atoms with van der Waals surface area (Å²) in [4.78, 5) is 9.98. The minimum atomic E-state index is 0.885. The summed E-state index contributed by atoms with van der Waals surface area (Å²) in [5, 5.41) is 4.93. The third-order valence-corrected chi connectivity index (χ3v) is 10.5. The number of rotatable bonds is 5. The first-order valence-corrected chi connectivity index (χ1v) is 17.9. The number of imidazole rings is 1. The molecule has 0 aliphatic heterocycles. The third kappa shape index (κ3) is 4.57. The minimum Gasteiger partial charge on any atom is -0.309 e. The molecule has 0 aliphatic carbocycles. The van der Waals surface area contributed by atoms with Crippen molar-refractivity contribution in [2.24, 2.45) is 0 Å². The van der Waals surface area contributed by atoms with Crippen LogP contribution in [0.1, 0.15) is 0 Å². The van der Waals surface area contributed by atoms with Crippen LogP contribution in [0.3, 0.4) is 0 Å². The van der Waals surface area contributed by atoms with Gasteiger partial charge in [-0.05, 0) is 66.2 Å². The fourth-order valence-electron chi connectivity index (χ4n) is 8.20. The topological polar surface area (TPSA) is 40.6 Å². The van der Waals surface area contributed by atoms with E-state index in [1.807, 2.05) is 24.5 Å². The molecule has 0 unspecified atom stereocenters. The Morgan fingerprint density at radius 3 is 1.32 bits per heavy atom. The molecule has 0 aliphatic rings. The molecule has 4 heterocycles. The van der Waals surface area contributed by atoms with Crippen LogP contribution in [0.5, 0.6) is 0 Å². The van der Waals surface area contributed by atoms with Gasteiger partial charge >= 0.3 is 0 Å². The highest BCUT2D eigenvalue weighted by Gasteiger charge is 2.19. The summed E-state index contributed by atoms with van der Waals surface area (Å²) in [6, 6.07) is 62.7. The Morgan fingerprint density at radius 2 is 0.774 bits per heavy atom. The highest BCUT2D eigenvalue weighted by atomic mass is 15.1. The number of pyridine rings is 1. The van der Waals surface area contributed by atoms with E-state index >= 15 is 0 Å². The van der Waals surface area contributed by atoms with Crippen molar-refractivity contribution in [3.8, 4) is 39.6 Å². The largest absolute Gasteiger partial charge is 0.309 e. The maximum Gasteiger partial charge on any atom is 0.145 e. The van der Waals surface area contributed by atoms with E-state index in [2.05, 4.69) is 177 Å². The van der Waals surface area contributed by atoms with Gasteiger partial charge in [-0.1, -0.05) is 115 Å². The van der Waals surface area contributed by atoms with E-state index < -0.39 is 0 Å². The second-order valence-electron chi connectivity index (χ2n) is 13.5. The Bertz CT molecular complexity index is 2940. The maximum atomic E-state index is 5.10. The standard InChI is InChI=1S/C48H31N5/c1-2-14-32(15-3-1)48-50-42-20-8-13-25-47(42)53(48)37-28-34(30-49-31-37)33-26-35(51-43-21-9-4-16-38(43)39-17-5-10-22-44(39)51)29-36(27-33)52-45-23-11-6-18-40(45)41-19-7-12-24-46(41)52/h1-31H. The first-order valence-electron chi connectivity index (χ1n) is 17.9. The Balaban J connectivity index is 1.20. The smallest absolute Gasteiger partial charge is 0.145 e. The van der Waals surface area contributed by atoms with Crippen LogP contribution < -0.4 is 0 Å². The van der Waals surface area contributed by atoms with Crippen LogP contribution in [0.4, 0.5) is 0 Å². The zero-order valence-electron chi connectivity index (χ0n) is 28.6. The van der Waals surface area contributed by atoms with Crippen LogP contribution in [-0.2, 0) is 0 Å². The first-order chi connectivity index (χ1) is 26.3. The molecular weight excluding hydrogens is 647 g/mol. The number of nitrogens with zero attached hydrogens (tertiary/aromatic N) is 5. The van der Waals surface area contributed by atoms with Gasteiger partial charge in [-0.15, -0.1) is 0 Å². The van der Waals surface area contributed by atoms with Crippen molar-refractivity contribution in [2.75, 3.05) is 0 Å². The molecule has 248 valence electrons. The van der Waals surface area contributed by atoms with E-state index in [1.165, 1.54) is 43.6 Å². The fraction of sp³-hybridized carbons (Fsp3) is 0. The fourth-order valence-corrected chi connectivity index (χ4v) is 8.20. The Morgan fingerprint density at radius 1 is 0.321 bits per heavy atom. The molecule has 0 spiro atoms. The van der Waals surface area contributed by atoms with E-state index in [0.717, 1.165) is 50.6 Å². The lowest BCUT2D eigenvalue weighted by atomic mass is 10.0. The highest BCUT2D eigenvalue weighted by Crippen LogP contribution is 2.38. The second kappa shape index (κ2) is 11.7. The quantitative estimate of drug-likeness (QED) is 0.182. The van der Waals surface area contributed by atoms with Crippen LogP contribution in [0.15, 0.2) is 188 Å². The molecule has 0 atom stereocenters. The van der Waals surface area contributed by atoms with Gasteiger partial charge < -0.3 is 9.13 Å². The monoisotopic (exact) mass is 677 g/mol. The van der Waals surface area contributed by atoms with E-state index in [4.69, 9.17) is 9.97 Å². The van der Waals surface area contributed by atoms with Gasteiger partial charge in [-0.2, -0.15) is 0 Å². The molecule has 0 saturated heterocycles. The van der Waals surface area contributed by atoms with Gasteiger partial charge in [0.05, 0.1) is 45.0 Å². The molecule has 0 radical (unpaired) electrons. The number of hydrogen-bond donors (Lipinski definition) is 0. The predicted molar refractivity (Wildman–Crippen MR) is 218 cm³/mol. The van der Waals surface area contributed by atoms with E-state index in [9.17, 15) is 0 Å².